The van der Waals surface area contributed by atoms with E-state index in [2.05, 4.69) is 10.3 Å². The number of hydrogen-bond donors (Lipinski definition) is 1. The topological polar surface area (TPSA) is 79.4 Å². The van der Waals surface area contributed by atoms with Crippen LogP contribution in [0.5, 0.6) is 0 Å². The predicted octanol–water partition coefficient (Wildman–Crippen LogP) is -0.0207. The number of pyridine rings is 1. The lowest BCUT2D eigenvalue weighted by Crippen LogP contribution is -2.30. The SMILES string of the molecule is CN(C)S(=O)(=O)CCC(=O)NCc1ccccn1. The van der Waals surface area contributed by atoms with Crippen molar-refractivity contribution >= 4 is 15.9 Å². The number of carbonyl (C=O) groups is 1. The number of hydrogen-bond acceptors (Lipinski definition) is 4. The van der Waals surface area contributed by atoms with Crippen LogP contribution in [0.25, 0.3) is 0 Å². The molecule has 0 aliphatic heterocycles. The third-order valence-electron chi connectivity index (χ3n) is 2.34. The lowest BCUT2D eigenvalue weighted by atomic mass is 10.3. The quantitative estimate of drug-likeness (QED) is 0.788. The van der Waals surface area contributed by atoms with Gasteiger partial charge in [0.05, 0.1) is 18.0 Å². The van der Waals surface area contributed by atoms with E-state index in [0.29, 0.717) is 6.54 Å². The first kappa shape index (κ1) is 14.6. The molecule has 1 aromatic heterocycles. The summed E-state index contributed by atoms with van der Waals surface area (Å²) in [6.45, 7) is 0.307. The van der Waals surface area contributed by atoms with Gasteiger partial charge < -0.3 is 5.32 Å². The Bertz CT molecular complexity index is 486. The molecule has 0 bridgehead atoms. The smallest absolute Gasteiger partial charge is 0.221 e. The molecule has 1 heterocycles. The first-order valence-electron chi connectivity index (χ1n) is 5.48. The van der Waals surface area contributed by atoms with Crippen LogP contribution in [0.1, 0.15) is 12.1 Å². The van der Waals surface area contributed by atoms with Gasteiger partial charge in [-0.05, 0) is 12.1 Å². The van der Waals surface area contributed by atoms with E-state index < -0.39 is 10.0 Å². The minimum absolute atomic E-state index is 0.0483. The molecule has 0 saturated carbocycles. The average Bonchev–Trinajstić information content (AvgIpc) is 2.35. The zero-order chi connectivity index (χ0) is 13.6. The van der Waals surface area contributed by atoms with E-state index in [4.69, 9.17) is 0 Å². The Balaban J connectivity index is 2.35. The van der Waals surface area contributed by atoms with E-state index in [0.717, 1.165) is 10.00 Å². The van der Waals surface area contributed by atoms with Crippen molar-refractivity contribution in [1.29, 1.82) is 0 Å². The second-order valence-corrected chi connectivity index (χ2v) is 6.25. The van der Waals surface area contributed by atoms with E-state index in [-0.39, 0.29) is 18.1 Å². The molecule has 0 unspecified atom stereocenters. The zero-order valence-corrected chi connectivity index (χ0v) is 11.3. The number of rotatable bonds is 6. The first-order valence-corrected chi connectivity index (χ1v) is 7.09. The molecule has 0 fully saturated rings. The second-order valence-electron chi connectivity index (χ2n) is 3.95. The molecule has 100 valence electrons. The van der Waals surface area contributed by atoms with E-state index in [1.807, 2.05) is 6.07 Å². The van der Waals surface area contributed by atoms with E-state index in [1.54, 1.807) is 18.3 Å². The van der Waals surface area contributed by atoms with Crippen molar-refractivity contribution in [2.45, 2.75) is 13.0 Å². The van der Waals surface area contributed by atoms with Gasteiger partial charge in [-0.25, -0.2) is 12.7 Å². The summed E-state index contributed by atoms with van der Waals surface area (Å²) in [5.41, 5.74) is 0.737. The van der Waals surface area contributed by atoms with Crippen molar-refractivity contribution in [3.8, 4) is 0 Å². The molecule has 0 saturated heterocycles. The van der Waals surface area contributed by atoms with Gasteiger partial charge in [-0.2, -0.15) is 0 Å². The summed E-state index contributed by atoms with van der Waals surface area (Å²) in [5, 5.41) is 2.63. The highest BCUT2D eigenvalue weighted by atomic mass is 32.2. The molecule has 0 spiro atoms. The van der Waals surface area contributed by atoms with Crippen molar-refractivity contribution < 1.29 is 13.2 Å². The van der Waals surface area contributed by atoms with Gasteiger partial charge in [-0.3, -0.25) is 9.78 Å². The maximum atomic E-state index is 11.5. The van der Waals surface area contributed by atoms with E-state index in [1.165, 1.54) is 14.1 Å². The monoisotopic (exact) mass is 271 g/mol. The van der Waals surface area contributed by atoms with Crippen molar-refractivity contribution in [1.82, 2.24) is 14.6 Å². The largest absolute Gasteiger partial charge is 0.350 e. The summed E-state index contributed by atoms with van der Waals surface area (Å²) in [5.74, 6) is -0.486. The van der Waals surface area contributed by atoms with Crippen molar-refractivity contribution in [2.24, 2.45) is 0 Å². The van der Waals surface area contributed by atoms with Gasteiger partial charge in [-0.1, -0.05) is 6.07 Å². The van der Waals surface area contributed by atoms with Crippen LogP contribution >= 0.6 is 0 Å². The Hall–Kier alpha value is -1.47. The molecule has 0 aliphatic carbocycles. The van der Waals surface area contributed by atoms with Crippen molar-refractivity contribution in [3.05, 3.63) is 30.1 Å². The average molecular weight is 271 g/mol. The van der Waals surface area contributed by atoms with Crippen LogP contribution in [0.2, 0.25) is 0 Å². The fraction of sp³-hybridized carbons (Fsp3) is 0.455. The van der Waals surface area contributed by atoms with Crippen molar-refractivity contribution in [2.75, 3.05) is 19.8 Å². The van der Waals surface area contributed by atoms with Gasteiger partial charge in [0.2, 0.25) is 15.9 Å². The standard InChI is InChI=1S/C11H17N3O3S/c1-14(2)18(16,17)8-6-11(15)13-9-10-5-3-4-7-12-10/h3-5,7H,6,8-9H2,1-2H3,(H,13,15). The van der Waals surface area contributed by atoms with Gasteiger partial charge in [0, 0.05) is 26.7 Å². The molecular weight excluding hydrogens is 254 g/mol. The molecule has 1 rings (SSSR count). The lowest BCUT2D eigenvalue weighted by Gasteiger charge is -2.10. The minimum atomic E-state index is -3.32. The molecule has 0 radical (unpaired) electrons. The number of amides is 1. The maximum absolute atomic E-state index is 11.5. The highest BCUT2D eigenvalue weighted by Crippen LogP contribution is 1.98. The van der Waals surface area contributed by atoms with Crippen LogP contribution in [0.15, 0.2) is 24.4 Å². The fourth-order valence-electron chi connectivity index (χ4n) is 1.18. The third-order valence-corrected chi connectivity index (χ3v) is 4.17. The van der Waals surface area contributed by atoms with Crippen LogP contribution in [0.4, 0.5) is 0 Å². The Labute approximate surface area is 107 Å². The fourth-order valence-corrected chi connectivity index (χ4v) is 1.99. The van der Waals surface area contributed by atoms with Gasteiger partial charge in [-0.15, -0.1) is 0 Å². The van der Waals surface area contributed by atoms with Crippen LogP contribution < -0.4 is 5.32 Å². The third kappa shape index (κ3) is 4.80. The number of nitrogens with zero attached hydrogens (tertiary/aromatic N) is 2. The molecule has 1 N–H and O–H groups in total. The second kappa shape index (κ2) is 6.46. The molecule has 18 heavy (non-hydrogen) atoms. The Morgan fingerprint density at radius 2 is 2.11 bits per heavy atom. The summed E-state index contributed by atoms with van der Waals surface area (Å²) in [6.07, 6.45) is 1.59. The molecule has 7 heteroatoms. The summed E-state index contributed by atoms with van der Waals surface area (Å²) in [7, 11) is -0.428. The van der Waals surface area contributed by atoms with Crippen molar-refractivity contribution in [3.63, 3.8) is 0 Å². The number of carbonyl (C=O) groups excluding carboxylic acids is 1. The predicted molar refractivity (Wildman–Crippen MR) is 68.2 cm³/mol. The van der Waals surface area contributed by atoms with Crippen LogP contribution in [-0.4, -0.2) is 43.5 Å². The number of nitrogens with one attached hydrogen (secondary N) is 1. The minimum Gasteiger partial charge on any atom is -0.350 e. The summed E-state index contributed by atoms with van der Waals surface area (Å²) < 4.78 is 24.0. The highest BCUT2D eigenvalue weighted by Gasteiger charge is 2.15. The summed E-state index contributed by atoms with van der Waals surface area (Å²) in [6, 6.07) is 5.40. The number of sulfonamides is 1. The van der Waals surface area contributed by atoms with Crippen LogP contribution in [0, 0.1) is 0 Å². The molecule has 6 nitrogen and oxygen atoms in total. The van der Waals surface area contributed by atoms with Gasteiger partial charge in [0.15, 0.2) is 0 Å². The molecule has 0 atom stereocenters. The molecular formula is C11H17N3O3S. The Morgan fingerprint density at radius 1 is 1.39 bits per heavy atom. The molecule has 1 aromatic rings. The van der Waals surface area contributed by atoms with Gasteiger partial charge in [0.1, 0.15) is 0 Å². The normalized spacial score (nSPS) is 11.5. The van der Waals surface area contributed by atoms with Gasteiger partial charge >= 0.3 is 0 Å². The maximum Gasteiger partial charge on any atom is 0.221 e. The highest BCUT2D eigenvalue weighted by molar-refractivity contribution is 7.89. The molecule has 0 aliphatic rings. The molecule has 1 amide bonds. The summed E-state index contributed by atoms with van der Waals surface area (Å²) in [4.78, 5) is 15.5. The van der Waals surface area contributed by atoms with Crippen LogP contribution in [-0.2, 0) is 21.4 Å². The van der Waals surface area contributed by atoms with Crippen LogP contribution in [0.3, 0.4) is 0 Å². The Kier molecular flexibility index (Phi) is 5.24. The summed E-state index contributed by atoms with van der Waals surface area (Å²) >= 11 is 0. The van der Waals surface area contributed by atoms with E-state index in [9.17, 15) is 13.2 Å². The zero-order valence-electron chi connectivity index (χ0n) is 10.5. The lowest BCUT2D eigenvalue weighted by molar-refractivity contribution is -0.120. The number of aromatic nitrogens is 1. The van der Waals surface area contributed by atoms with Gasteiger partial charge in [0.25, 0.3) is 0 Å². The molecule has 0 aromatic carbocycles. The first-order chi connectivity index (χ1) is 8.42. The Morgan fingerprint density at radius 3 is 2.67 bits per heavy atom. The van der Waals surface area contributed by atoms with E-state index >= 15 is 0 Å².